The Labute approximate surface area is 194 Å². The Hall–Kier alpha value is -3.38. The fourth-order valence-corrected chi connectivity index (χ4v) is 4.98. The summed E-state index contributed by atoms with van der Waals surface area (Å²) in [5, 5.41) is 3.70. The van der Waals surface area contributed by atoms with Gasteiger partial charge in [0.1, 0.15) is 22.3 Å². The summed E-state index contributed by atoms with van der Waals surface area (Å²) in [5.41, 5.74) is -0.128. The van der Waals surface area contributed by atoms with Crippen molar-refractivity contribution in [2.75, 3.05) is 13.1 Å². The van der Waals surface area contributed by atoms with Gasteiger partial charge >= 0.3 is 5.97 Å². The van der Waals surface area contributed by atoms with Gasteiger partial charge in [-0.05, 0) is 55.3 Å². The maximum Gasteiger partial charge on any atom is 0.338 e. The number of halogens is 2. The maximum atomic E-state index is 14.3. The van der Waals surface area contributed by atoms with E-state index in [1.54, 1.807) is 0 Å². The van der Waals surface area contributed by atoms with Gasteiger partial charge in [0.2, 0.25) is 15.8 Å². The fourth-order valence-electron chi connectivity index (χ4n) is 3.37. The molecule has 2 aromatic carbocycles. The summed E-state index contributed by atoms with van der Waals surface area (Å²) < 4.78 is 69.6. The molecular formula is C22H21F2N3O6S. The van der Waals surface area contributed by atoms with Gasteiger partial charge < -0.3 is 14.0 Å². The summed E-state index contributed by atoms with van der Waals surface area (Å²) in [4.78, 5) is 15.9. The minimum atomic E-state index is -4.07. The molecule has 0 aliphatic carbocycles. The van der Waals surface area contributed by atoms with Gasteiger partial charge in [-0.25, -0.2) is 22.0 Å². The third kappa shape index (κ3) is 5.57. The van der Waals surface area contributed by atoms with Crippen molar-refractivity contribution in [2.45, 2.75) is 37.4 Å². The van der Waals surface area contributed by atoms with Crippen molar-refractivity contribution in [3.8, 4) is 5.75 Å². The van der Waals surface area contributed by atoms with Crippen molar-refractivity contribution in [2.24, 2.45) is 0 Å². The Morgan fingerprint density at radius 1 is 1.03 bits per heavy atom. The van der Waals surface area contributed by atoms with E-state index in [4.69, 9.17) is 14.0 Å². The summed E-state index contributed by atoms with van der Waals surface area (Å²) >= 11 is 0. The van der Waals surface area contributed by atoms with Crippen LogP contribution in [0.15, 0.2) is 51.9 Å². The van der Waals surface area contributed by atoms with Crippen molar-refractivity contribution >= 4 is 16.0 Å². The third-order valence-corrected chi connectivity index (χ3v) is 7.03. The number of sulfonamides is 1. The molecule has 1 saturated heterocycles. The normalized spacial score (nSPS) is 14.6. The van der Waals surface area contributed by atoms with Crippen molar-refractivity contribution < 1.29 is 36.0 Å². The molecule has 1 aliphatic rings. The smallest absolute Gasteiger partial charge is 0.338 e. The van der Waals surface area contributed by atoms with Crippen LogP contribution < -0.4 is 4.74 Å². The summed E-state index contributed by atoms with van der Waals surface area (Å²) in [5.74, 6) is -1.65. The molecule has 0 amide bonds. The van der Waals surface area contributed by atoms with E-state index in [9.17, 15) is 22.0 Å². The van der Waals surface area contributed by atoms with E-state index >= 15 is 0 Å². The third-order valence-electron chi connectivity index (χ3n) is 5.12. The van der Waals surface area contributed by atoms with Crippen LogP contribution in [0.25, 0.3) is 0 Å². The Kier molecular flexibility index (Phi) is 7.17. The van der Waals surface area contributed by atoms with Gasteiger partial charge in [-0.15, -0.1) is 0 Å². The second-order valence-corrected chi connectivity index (χ2v) is 9.44. The molecule has 1 aliphatic heterocycles. The highest BCUT2D eigenvalue weighted by Gasteiger charge is 2.29. The van der Waals surface area contributed by atoms with Gasteiger partial charge in [0, 0.05) is 13.1 Å². The van der Waals surface area contributed by atoms with E-state index in [1.165, 1.54) is 28.6 Å². The Bertz CT molecular complexity index is 1260. The van der Waals surface area contributed by atoms with Gasteiger partial charge in [-0.3, -0.25) is 0 Å². The van der Waals surface area contributed by atoms with Gasteiger partial charge in [-0.2, -0.15) is 9.29 Å². The first-order valence-corrected chi connectivity index (χ1v) is 11.9. The number of carbonyl (C=O) groups excluding carboxylic acids is 1. The molecule has 0 atom stereocenters. The number of ether oxygens (including phenoxy) is 2. The van der Waals surface area contributed by atoms with Gasteiger partial charge in [0.05, 0.1) is 5.56 Å². The highest BCUT2D eigenvalue weighted by molar-refractivity contribution is 7.89. The number of hydrogen-bond acceptors (Lipinski definition) is 8. The number of piperidine rings is 1. The first kappa shape index (κ1) is 23.8. The SMILES string of the molecule is O=C(OCc1nc(COc2ccc(F)cc2)no1)c1ccc(F)c(S(=O)(=O)N2CCCCC2)c1. The number of benzene rings is 2. The lowest BCUT2D eigenvalue weighted by atomic mass is 10.2. The minimum absolute atomic E-state index is 0.0191. The number of esters is 1. The highest BCUT2D eigenvalue weighted by Crippen LogP contribution is 2.24. The minimum Gasteiger partial charge on any atom is -0.485 e. The topological polar surface area (TPSA) is 112 Å². The van der Waals surface area contributed by atoms with Gasteiger partial charge in [0.15, 0.2) is 13.2 Å². The highest BCUT2D eigenvalue weighted by atomic mass is 32.2. The van der Waals surface area contributed by atoms with E-state index in [-0.39, 0.29) is 30.5 Å². The quantitative estimate of drug-likeness (QED) is 0.439. The van der Waals surface area contributed by atoms with Crippen molar-refractivity contribution in [1.82, 2.24) is 14.4 Å². The molecule has 4 rings (SSSR count). The van der Waals surface area contributed by atoms with Crippen LogP contribution in [0.2, 0.25) is 0 Å². The molecule has 0 unspecified atom stereocenters. The molecule has 180 valence electrons. The first-order valence-electron chi connectivity index (χ1n) is 10.5. The predicted octanol–water partition coefficient (Wildman–Crippen LogP) is 3.46. The van der Waals surface area contributed by atoms with E-state index < -0.39 is 32.5 Å². The van der Waals surface area contributed by atoms with Crippen LogP contribution in [0.3, 0.4) is 0 Å². The monoisotopic (exact) mass is 493 g/mol. The van der Waals surface area contributed by atoms with E-state index in [0.717, 1.165) is 24.6 Å². The molecule has 1 fully saturated rings. The summed E-state index contributed by atoms with van der Waals surface area (Å²) in [7, 11) is -4.07. The number of carbonyl (C=O) groups is 1. The van der Waals surface area contributed by atoms with Crippen LogP contribution in [0.5, 0.6) is 5.75 Å². The van der Waals surface area contributed by atoms with E-state index in [2.05, 4.69) is 10.1 Å². The van der Waals surface area contributed by atoms with Crippen molar-refractivity contribution in [3.63, 3.8) is 0 Å². The van der Waals surface area contributed by atoms with Crippen LogP contribution in [-0.2, 0) is 28.0 Å². The molecule has 12 heteroatoms. The average molecular weight is 493 g/mol. The predicted molar refractivity (Wildman–Crippen MR) is 113 cm³/mol. The molecule has 1 aromatic heterocycles. The van der Waals surface area contributed by atoms with Crippen LogP contribution in [-0.4, -0.2) is 41.9 Å². The summed E-state index contributed by atoms with van der Waals surface area (Å²) in [6, 6.07) is 8.41. The zero-order valence-electron chi connectivity index (χ0n) is 17.9. The number of aromatic nitrogens is 2. The van der Waals surface area contributed by atoms with Crippen LogP contribution in [0.1, 0.15) is 41.3 Å². The first-order chi connectivity index (χ1) is 16.3. The Balaban J connectivity index is 1.37. The van der Waals surface area contributed by atoms with Gasteiger partial charge in [0.25, 0.3) is 5.89 Å². The second-order valence-electron chi connectivity index (χ2n) is 7.53. The molecule has 0 spiro atoms. The van der Waals surface area contributed by atoms with Crippen molar-refractivity contribution in [3.05, 3.63) is 71.4 Å². The van der Waals surface area contributed by atoms with Crippen LogP contribution in [0.4, 0.5) is 8.78 Å². The molecule has 9 nitrogen and oxygen atoms in total. The second kappa shape index (κ2) is 10.3. The fraction of sp³-hybridized carbons (Fsp3) is 0.318. The number of hydrogen-bond donors (Lipinski definition) is 0. The molecule has 34 heavy (non-hydrogen) atoms. The largest absolute Gasteiger partial charge is 0.485 e. The molecule has 0 radical (unpaired) electrons. The molecular weight excluding hydrogens is 472 g/mol. The molecule has 0 N–H and O–H groups in total. The summed E-state index contributed by atoms with van der Waals surface area (Å²) in [6.07, 6.45) is 2.31. The standard InChI is InChI=1S/C22H21F2N3O6S/c23-16-5-7-17(8-6-16)31-13-20-25-21(33-26-20)14-32-22(28)15-4-9-18(24)19(12-15)34(29,30)27-10-2-1-3-11-27/h4-9,12H,1-3,10-11,13-14H2. The molecule has 0 saturated carbocycles. The van der Waals surface area contributed by atoms with Crippen LogP contribution >= 0.6 is 0 Å². The van der Waals surface area contributed by atoms with E-state index in [1.807, 2.05) is 0 Å². The zero-order valence-corrected chi connectivity index (χ0v) is 18.8. The Morgan fingerprint density at radius 2 is 1.76 bits per heavy atom. The number of rotatable bonds is 8. The lowest BCUT2D eigenvalue weighted by Crippen LogP contribution is -2.36. The molecule has 3 aromatic rings. The number of nitrogens with zero attached hydrogens (tertiary/aromatic N) is 3. The lowest BCUT2D eigenvalue weighted by Gasteiger charge is -2.26. The average Bonchev–Trinajstić information content (AvgIpc) is 3.31. The Morgan fingerprint density at radius 3 is 2.50 bits per heavy atom. The molecule has 2 heterocycles. The van der Waals surface area contributed by atoms with Crippen LogP contribution in [0, 0.1) is 11.6 Å². The zero-order chi connectivity index (χ0) is 24.1. The molecule has 0 bridgehead atoms. The summed E-state index contributed by atoms with van der Waals surface area (Å²) in [6.45, 7) is 0.175. The van der Waals surface area contributed by atoms with E-state index in [0.29, 0.717) is 31.7 Å². The lowest BCUT2D eigenvalue weighted by molar-refractivity contribution is 0.0429. The maximum absolute atomic E-state index is 14.3. The van der Waals surface area contributed by atoms with Gasteiger partial charge in [-0.1, -0.05) is 11.6 Å². The van der Waals surface area contributed by atoms with Crippen molar-refractivity contribution in [1.29, 1.82) is 0 Å².